The van der Waals surface area contributed by atoms with Crippen LogP contribution < -0.4 is 9.62 Å². The molecule has 0 heterocycles. The summed E-state index contributed by atoms with van der Waals surface area (Å²) in [5, 5.41) is 2.98. The van der Waals surface area contributed by atoms with Gasteiger partial charge in [-0.25, -0.2) is 8.42 Å². The zero-order valence-corrected chi connectivity index (χ0v) is 26.7. The highest BCUT2D eigenvalue weighted by Gasteiger charge is 2.35. The molecule has 0 saturated heterocycles. The number of carbonyl (C=O) groups is 2. The van der Waals surface area contributed by atoms with Crippen LogP contribution in [0.3, 0.4) is 0 Å². The van der Waals surface area contributed by atoms with E-state index in [4.69, 9.17) is 0 Å². The number of benzene rings is 4. The molecule has 0 fully saturated rings. The number of sulfonamides is 1. The monoisotopic (exact) mass is 611 g/mol. The first-order chi connectivity index (χ1) is 21.1. The Bertz CT molecular complexity index is 1670. The van der Waals surface area contributed by atoms with E-state index >= 15 is 0 Å². The molecule has 0 aliphatic rings. The van der Waals surface area contributed by atoms with Gasteiger partial charge in [0.2, 0.25) is 11.8 Å². The SMILES string of the molecule is CCCNC(=O)[C@H](Cc1ccccc1)N(Cc1ccccc1C)C(=O)CN(c1ccc(C)cc1C)S(=O)(=O)c1ccccc1. The maximum absolute atomic E-state index is 14.5. The van der Waals surface area contributed by atoms with E-state index in [1.807, 2.05) is 94.4 Å². The van der Waals surface area contributed by atoms with Crippen LogP contribution in [-0.2, 0) is 32.6 Å². The first-order valence-corrected chi connectivity index (χ1v) is 16.4. The zero-order chi connectivity index (χ0) is 31.7. The number of hydrogen-bond donors (Lipinski definition) is 1. The van der Waals surface area contributed by atoms with Crippen molar-refractivity contribution in [3.63, 3.8) is 0 Å². The van der Waals surface area contributed by atoms with Gasteiger partial charge in [0.15, 0.2) is 0 Å². The van der Waals surface area contributed by atoms with Crippen molar-refractivity contribution >= 4 is 27.5 Å². The summed E-state index contributed by atoms with van der Waals surface area (Å²) in [7, 11) is -4.13. The van der Waals surface area contributed by atoms with Crippen molar-refractivity contribution in [2.75, 3.05) is 17.4 Å². The number of amides is 2. The van der Waals surface area contributed by atoms with Crippen molar-refractivity contribution in [1.82, 2.24) is 10.2 Å². The molecule has 4 aromatic rings. The summed E-state index contributed by atoms with van der Waals surface area (Å²) in [5.74, 6) is -0.748. The topological polar surface area (TPSA) is 86.8 Å². The molecule has 0 aromatic heterocycles. The molecule has 1 N–H and O–H groups in total. The van der Waals surface area contributed by atoms with E-state index in [1.165, 1.54) is 21.3 Å². The summed E-state index contributed by atoms with van der Waals surface area (Å²) in [6.45, 7) is 7.84. The summed E-state index contributed by atoms with van der Waals surface area (Å²) in [6, 6.07) is 30.0. The van der Waals surface area contributed by atoms with Crippen molar-refractivity contribution in [3.05, 3.63) is 131 Å². The molecule has 0 saturated carbocycles. The number of carbonyl (C=O) groups excluding carboxylic acids is 2. The number of rotatable bonds is 13. The van der Waals surface area contributed by atoms with E-state index < -0.39 is 28.5 Å². The molecule has 0 unspecified atom stereocenters. The third-order valence-electron chi connectivity index (χ3n) is 7.65. The Balaban J connectivity index is 1.82. The maximum atomic E-state index is 14.5. The van der Waals surface area contributed by atoms with Gasteiger partial charge >= 0.3 is 0 Å². The van der Waals surface area contributed by atoms with Crippen LogP contribution in [-0.4, -0.2) is 44.3 Å². The van der Waals surface area contributed by atoms with Crippen LogP contribution in [0.5, 0.6) is 0 Å². The van der Waals surface area contributed by atoms with E-state index in [0.717, 1.165) is 34.2 Å². The van der Waals surface area contributed by atoms with Gasteiger partial charge in [-0.2, -0.15) is 0 Å². The van der Waals surface area contributed by atoms with Crippen LogP contribution in [0.2, 0.25) is 0 Å². The molecule has 0 radical (unpaired) electrons. The summed E-state index contributed by atoms with van der Waals surface area (Å²) in [6.07, 6.45) is 1.02. The van der Waals surface area contributed by atoms with E-state index in [9.17, 15) is 18.0 Å². The molecule has 0 aliphatic carbocycles. The van der Waals surface area contributed by atoms with E-state index in [-0.39, 0.29) is 23.8 Å². The highest BCUT2D eigenvalue weighted by molar-refractivity contribution is 7.92. The van der Waals surface area contributed by atoms with E-state index in [0.29, 0.717) is 12.2 Å². The van der Waals surface area contributed by atoms with Crippen molar-refractivity contribution in [2.45, 2.75) is 58.0 Å². The van der Waals surface area contributed by atoms with Crippen molar-refractivity contribution in [3.8, 4) is 0 Å². The second-order valence-electron chi connectivity index (χ2n) is 11.1. The summed E-state index contributed by atoms with van der Waals surface area (Å²) < 4.78 is 29.5. The lowest BCUT2D eigenvalue weighted by Crippen LogP contribution is -2.53. The number of hydrogen-bond acceptors (Lipinski definition) is 4. The minimum absolute atomic E-state index is 0.0831. The fourth-order valence-electron chi connectivity index (χ4n) is 5.21. The lowest BCUT2D eigenvalue weighted by molar-refractivity contribution is -0.140. The molecule has 230 valence electrons. The predicted molar refractivity (Wildman–Crippen MR) is 176 cm³/mol. The minimum atomic E-state index is -4.13. The summed E-state index contributed by atoms with van der Waals surface area (Å²) >= 11 is 0. The van der Waals surface area contributed by atoms with Crippen LogP contribution in [0.25, 0.3) is 0 Å². The third-order valence-corrected chi connectivity index (χ3v) is 9.43. The van der Waals surface area contributed by atoms with Gasteiger partial charge in [0.05, 0.1) is 10.6 Å². The zero-order valence-electron chi connectivity index (χ0n) is 25.9. The number of nitrogens with one attached hydrogen (secondary N) is 1. The molecule has 7 nitrogen and oxygen atoms in total. The minimum Gasteiger partial charge on any atom is -0.354 e. The Kier molecular flexibility index (Phi) is 11.0. The van der Waals surface area contributed by atoms with Gasteiger partial charge in [-0.1, -0.05) is 97.4 Å². The van der Waals surface area contributed by atoms with Crippen LogP contribution in [0, 0.1) is 20.8 Å². The third kappa shape index (κ3) is 7.94. The Morgan fingerprint density at radius 3 is 2.07 bits per heavy atom. The smallest absolute Gasteiger partial charge is 0.264 e. The van der Waals surface area contributed by atoms with Crippen LogP contribution in [0.1, 0.15) is 41.2 Å². The average Bonchev–Trinajstić information content (AvgIpc) is 3.02. The van der Waals surface area contributed by atoms with Gasteiger partial charge in [-0.05, 0) is 67.6 Å². The Hall–Kier alpha value is -4.43. The number of nitrogens with zero attached hydrogens (tertiary/aromatic N) is 2. The molecule has 2 amide bonds. The standard InChI is InChI=1S/C36H41N3O4S/c1-5-22-37-36(41)34(24-30-15-8-6-9-16-30)38(25-31-17-13-12-14-28(31)3)35(40)26-39(33-21-20-27(2)23-29(33)4)44(42,43)32-18-10-7-11-19-32/h6-21,23,34H,5,22,24-26H2,1-4H3,(H,37,41)/t34-/m0/s1. The Morgan fingerprint density at radius 1 is 0.795 bits per heavy atom. The molecular formula is C36H41N3O4S. The number of aryl methyl sites for hydroxylation is 3. The van der Waals surface area contributed by atoms with Crippen molar-refractivity contribution in [1.29, 1.82) is 0 Å². The molecule has 0 spiro atoms. The normalized spacial score (nSPS) is 11.9. The quantitative estimate of drug-likeness (QED) is 0.202. The average molecular weight is 612 g/mol. The molecule has 1 atom stereocenters. The maximum Gasteiger partial charge on any atom is 0.264 e. The molecular weight excluding hydrogens is 570 g/mol. The van der Waals surface area contributed by atoms with Crippen LogP contribution in [0.15, 0.2) is 108 Å². The number of anilines is 1. The van der Waals surface area contributed by atoms with Crippen molar-refractivity contribution in [2.24, 2.45) is 0 Å². The highest BCUT2D eigenvalue weighted by atomic mass is 32.2. The molecule has 4 aromatic carbocycles. The van der Waals surface area contributed by atoms with Gasteiger partial charge in [0, 0.05) is 19.5 Å². The Morgan fingerprint density at radius 2 is 1.43 bits per heavy atom. The second-order valence-corrected chi connectivity index (χ2v) is 12.9. The van der Waals surface area contributed by atoms with E-state index in [1.54, 1.807) is 24.3 Å². The van der Waals surface area contributed by atoms with Crippen LogP contribution >= 0.6 is 0 Å². The molecule has 4 rings (SSSR count). The molecule has 8 heteroatoms. The second kappa shape index (κ2) is 14.8. The molecule has 0 aliphatic heterocycles. The fraction of sp³-hybridized carbons (Fsp3) is 0.278. The summed E-state index contributed by atoms with van der Waals surface area (Å²) in [5.41, 5.74) is 4.87. The van der Waals surface area contributed by atoms with Crippen molar-refractivity contribution < 1.29 is 18.0 Å². The van der Waals surface area contributed by atoms with Crippen LogP contribution in [0.4, 0.5) is 5.69 Å². The van der Waals surface area contributed by atoms with Gasteiger partial charge in [0.25, 0.3) is 10.0 Å². The van der Waals surface area contributed by atoms with Gasteiger partial charge in [-0.15, -0.1) is 0 Å². The van der Waals surface area contributed by atoms with Gasteiger partial charge in [-0.3, -0.25) is 13.9 Å². The largest absolute Gasteiger partial charge is 0.354 e. The first-order valence-electron chi connectivity index (χ1n) is 14.9. The fourth-order valence-corrected chi connectivity index (χ4v) is 6.71. The van der Waals surface area contributed by atoms with Gasteiger partial charge in [0.1, 0.15) is 12.6 Å². The summed E-state index contributed by atoms with van der Waals surface area (Å²) in [4.78, 5) is 29.9. The predicted octanol–water partition coefficient (Wildman–Crippen LogP) is 5.97. The molecule has 0 bridgehead atoms. The van der Waals surface area contributed by atoms with Gasteiger partial charge < -0.3 is 10.2 Å². The first kappa shape index (κ1) is 32.5. The lowest BCUT2D eigenvalue weighted by atomic mass is 10.0. The van der Waals surface area contributed by atoms with E-state index in [2.05, 4.69) is 5.32 Å². The lowest BCUT2D eigenvalue weighted by Gasteiger charge is -2.34. The molecule has 44 heavy (non-hydrogen) atoms. The highest BCUT2D eigenvalue weighted by Crippen LogP contribution is 2.28. The Labute approximate surface area is 261 Å².